The lowest BCUT2D eigenvalue weighted by atomic mass is 9.76. The summed E-state index contributed by atoms with van der Waals surface area (Å²) in [6.07, 6.45) is 9.37. The second-order valence-corrected chi connectivity index (χ2v) is 6.38. The molecular weight excluding hydrogens is 222 g/mol. The van der Waals surface area contributed by atoms with Crippen molar-refractivity contribution < 1.29 is 0 Å². The average Bonchev–Trinajstić information content (AvgIpc) is 2.84. The highest BCUT2D eigenvalue weighted by atomic mass is 15.2. The van der Waals surface area contributed by atoms with Crippen LogP contribution in [0.15, 0.2) is 12.4 Å². The van der Waals surface area contributed by atoms with Crippen LogP contribution in [0, 0.1) is 11.3 Å². The molecule has 0 radical (unpaired) electrons. The predicted molar refractivity (Wildman–Crippen MR) is 75.5 cm³/mol. The van der Waals surface area contributed by atoms with Gasteiger partial charge in [-0.05, 0) is 42.7 Å². The van der Waals surface area contributed by atoms with E-state index in [9.17, 15) is 0 Å². The third-order valence-corrected chi connectivity index (χ3v) is 4.51. The largest absolute Gasteiger partial charge is 0.314 e. The molecule has 102 valence electrons. The van der Waals surface area contributed by atoms with Crippen molar-refractivity contribution in [1.82, 2.24) is 15.1 Å². The fourth-order valence-electron chi connectivity index (χ4n) is 3.55. The minimum absolute atomic E-state index is 0.481. The Labute approximate surface area is 111 Å². The van der Waals surface area contributed by atoms with Crippen molar-refractivity contribution in [3.05, 3.63) is 18.0 Å². The molecule has 0 spiro atoms. The first-order valence-corrected chi connectivity index (χ1v) is 7.24. The minimum atomic E-state index is 0.481. The van der Waals surface area contributed by atoms with Gasteiger partial charge in [-0.2, -0.15) is 5.10 Å². The lowest BCUT2D eigenvalue weighted by Crippen LogP contribution is -2.42. The molecule has 1 fully saturated rings. The Morgan fingerprint density at radius 3 is 2.83 bits per heavy atom. The molecule has 3 heteroatoms. The maximum Gasteiger partial charge on any atom is 0.0522 e. The number of aryl methyl sites for hydroxylation is 1. The molecule has 1 aromatic heterocycles. The highest BCUT2D eigenvalue weighted by Crippen LogP contribution is 2.44. The molecular formula is C15H27N3. The van der Waals surface area contributed by atoms with Crippen LogP contribution in [-0.4, -0.2) is 22.4 Å². The van der Waals surface area contributed by atoms with E-state index < -0.39 is 0 Å². The highest BCUT2D eigenvalue weighted by molar-refractivity contribution is 5.08. The summed E-state index contributed by atoms with van der Waals surface area (Å²) in [6, 6.07) is 0.594. The Balaban J connectivity index is 2.08. The van der Waals surface area contributed by atoms with Gasteiger partial charge >= 0.3 is 0 Å². The van der Waals surface area contributed by atoms with E-state index in [1.165, 1.54) is 24.8 Å². The molecule has 1 saturated carbocycles. The zero-order valence-corrected chi connectivity index (χ0v) is 12.2. The molecule has 2 atom stereocenters. The van der Waals surface area contributed by atoms with Crippen LogP contribution in [0.25, 0.3) is 0 Å². The van der Waals surface area contributed by atoms with E-state index in [1.54, 1.807) is 0 Å². The van der Waals surface area contributed by atoms with Crippen LogP contribution in [0.4, 0.5) is 0 Å². The summed E-state index contributed by atoms with van der Waals surface area (Å²) in [5.41, 5.74) is 1.83. The summed E-state index contributed by atoms with van der Waals surface area (Å²) in [6.45, 7) is 8.12. The van der Waals surface area contributed by atoms with E-state index in [4.69, 9.17) is 0 Å². The maximum absolute atomic E-state index is 4.28. The molecule has 0 bridgehead atoms. The van der Waals surface area contributed by atoms with Gasteiger partial charge in [0.1, 0.15) is 0 Å². The Hall–Kier alpha value is -0.830. The molecule has 0 aromatic carbocycles. The average molecular weight is 249 g/mol. The van der Waals surface area contributed by atoms with Gasteiger partial charge in [-0.1, -0.05) is 27.2 Å². The number of hydrogen-bond acceptors (Lipinski definition) is 2. The maximum atomic E-state index is 4.28. The monoisotopic (exact) mass is 249 g/mol. The molecule has 1 heterocycles. The van der Waals surface area contributed by atoms with Gasteiger partial charge in [-0.3, -0.25) is 4.68 Å². The van der Waals surface area contributed by atoms with E-state index in [-0.39, 0.29) is 0 Å². The van der Waals surface area contributed by atoms with Gasteiger partial charge in [-0.25, -0.2) is 0 Å². The molecule has 1 aromatic rings. The first kappa shape index (κ1) is 13.6. The summed E-state index contributed by atoms with van der Waals surface area (Å²) in [4.78, 5) is 0. The standard InChI is InChI=1S/C15H27N3/c1-5-16-14(9-12-10-17-18(4)11-12)13-7-6-8-15(13,2)3/h10-11,13-14,16H,5-9H2,1-4H3. The second kappa shape index (κ2) is 5.43. The van der Waals surface area contributed by atoms with Crippen LogP contribution in [0.5, 0.6) is 0 Å². The van der Waals surface area contributed by atoms with Crippen molar-refractivity contribution in [2.45, 2.75) is 52.5 Å². The van der Waals surface area contributed by atoms with Crippen LogP contribution < -0.4 is 5.32 Å². The first-order valence-electron chi connectivity index (χ1n) is 7.24. The van der Waals surface area contributed by atoms with Crippen molar-refractivity contribution in [2.24, 2.45) is 18.4 Å². The Morgan fingerprint density at radius 2 is 2.33 bits per heavy atom. The zero-order valence-electron chi connectivity index (χ0n) is 12.2. The molecule has 0 amide bonds. The van der Waals surface area contributed by atoms with E-state index in [1.807, 2.05) is 17.9 Å². The van der Waals surface area contributed by atoms with Crippen LogP contribution in [0.3, 0.4) is 0 Å². The van der Waals surface area contributed by atoms with E-state index >= 15 is 0 Å². The summed E-state index contributed by atoms with van der Waals surface area (Å²) in [7, 11) is 1.99. The van der Waals surface area contributed by atoms with E-state index in [0.29, 0.717) is 11.5 Å². The van der Waals surface area contributed by atoms with Crippen molar-refractivity contribution in [2.75, 3.05) is 6.54 Å². The number of aromatic nitrogens is 2. The lowest BCUT2D eigenvalue weighted by Gasteiger charge is -2.34. The third kappa shape index (κ3) is 2.94. The van der Waals surface area contributed by atoms with Gasteiger partial charge in [0.15, 0.2) is 0 Å². The van der Waals surface area contributed by atoms with Crippen LogP contribution in [0.2, 0.25) is 0 Å². The molecule has 0 aliphatic heterocycles. The Kier molecular flexibility index (Phi) is 4.10. The van der Waals surface area contributed by atoms with Crippen LogP contribution in [-0.2, 0) is 13.5 Å². The predicted octanol–water partition coefficient (Wildman–Crippen LogP) is 2.77. The normalized spacial score (nSPS) is 24.3. The van der Waals surface area contributed by atoms with Gasteiger partial charge < -0.3 is 5.32 Å². The zero-order chi connectivity index (χ0) is 13.2. The highest BCUT2D eigenvalue weighted by Gasteiger charge is 2.39. The molecule has 1 aliphatic carbocycles. The second-order valence-electron chi connectivity index (χ2n) is 6.38. The molecule has 0 saturated heterocycles. The van der Waals surface area contributed by atoms with Gasteiger partial charge in [0, 0.05) is 19.3 Å². The Bertz CT molecular complexity index is 381. The number of nitrogens with zero attached hydrogens (tertiary/aromatic N) is 2. The van der Waals surface area contributed by atoms with Crippen molar-refractivity contribution in [3.8, 4) is 0 Å². The molecule has 2 unspecified atom stereocenters. The Morgan fingerprint density at radius 1 is 1.56 bits per heavy atom. The smallest absolute Gasteiger partial charge is 0.0522 e. The molecule has 3 nitrogen and oxygen atoms in total. The van der Waals surface area contributed by atoms with Crippen molar-refractivity contribution >= 4 is 0 Å². The number of likely N-dealkylation sites (N-methyl/N-ethyl adjacent to an activating group) is 1. The first-order chi connectivity index (χ1) is 8.53. The lowest BCUT2D eigenvalue weighted by molar-refractivity contribution is 0.197. The van der Waals surface area contributed by atoms with Crippen LogP contribution in [0.1, 0.15) is 45.6 Å². The van der Waals surface area contributed by atoms with Gasteiger partial charge in [0.2, 0.25) is 0 Å². The number of hydrogen-bond donors (Lipinski definition) is 1. The number of nitrogens with one attached hydrogen (secondary N) is 1. The summed E-state index contributed by atoms with van der Waals surface area (Å²) < 4.78 is 1.90. The topological polar surface area (TPSA) is 29.9 Å². The number of rotatable bonds is 5. The van der Waals surface area contributed by atoms with Gasteiger partial charge in [0.05, 0.1) is 6.20 Å². The van der Waals surface area contributed by atoms with Crippen LogP contribution >= 0.6 is 0 Å². The summed E-state index contributed by atoms with van der Waals surface area (Å²) in [5.74, 6) is 0.789. The SMILES string of the molecule is CCNC(Cc1cnn(C)c1)C1CCCC1(C)C. The fourth-order valence-corrected chi connectivity index (χ4v) is 3.55. The van der Waals surface area contributed by atoms with Gasteiger partial charge in [-0.15, -0.1) is 0 Å². The molecule has 1 aliphatic rings. The summed E-state index contributed by atoms with van der Waals surface area (Å²) >= 11 is 0. The molecule has 2 rings (SSSR count). The minimum Gasteiger partial charge on any atom is -0.314 e. The van der Waals surface area contributed by atoms with Gasteiger partial charge in [0.25, 0.3) is 0 Å². The molecule has 1 N–H and O–H groups in total. The summed E-state index contributed by atoms with van der Waals surface area (Å²) in [5, 5.41) is 7.98. The van der Waals surface area contributed by atoms with E-state index in [0.717, 1.165) is 18.9 Å². The van der Waals surface area contributed by atoms with Crippen molar-refractivity contribution in [1.29, 1.82) is 0 Å². The van der Waals surface area contributed by atoms with Crippen molar-refractivity contribution in [3.63, 3.8) is 0 Å². The third-order valence-electron chi connectivity index (χ3n) is 4.51. The fraction of sp³-hybridized carbons (Fsp3) is 0.800. The molecule has 18 heavy (non-hydrogen) atoms. The van der Waals surface area contributed by atoms with E-state index in [2.05, 4.69) is 37.4 Å². The quantitative estimate of drug-likeness (QED) is 0.869.